The number of hydrogen-bond acceptors (Lipinski definition) is 2. The highest BCUT2D eigenvalue weighted by atomic mass is 32.1. The highest BCUT2D eigenvalue weighted by Gasteiger charge is 2.19. The first-order valence-corrected chi connectivity index (χ1v) is 6.18. The molecule has 1 aromatic rings. The zero-order valence-corrected chi connectivity index (χ0v) is 10.5. The van der Waals surface area contributed by atoms with Crippen LogP contribution in [-0.4, -0.2) is 18.6 Å². The third-order valence-electron chi connectivity index (χ3n) is 3.35. The summed E-state index contributed by atoms with van der Waals surface area (Å²) < 4.78 is 0. The summed E-state index contributed by atoms with van der Waals surface area (Å²) in [5, 5.41) is 0. The Balaban J connectivity index is 1.99. The summed E-state index contributed by atoms with van der Waals surface area (Å²) in [5.74, 6) is 0.889. The molecule has 0 spiro atoms. The minimum Gasteiger partial charge on any atom is -0.389 e. The Morgan fingerprint density at radius 2 is 2.00 bits per heavy atom. The summed E-state index contributed by atoms with van der Waals surface area (Å²) in [6.45, 7) is 1.16. The van der Waals surface area contributed by atoms with E-state index in [0.717, 1.165) is 18.0 Å². The van der Waals surface area contributed by atoms with Gasteiger partial charge in [-0.3, -0.25) is 0 Å². The first kappa shape index (κ1) is 11.4. The van der Waals surface area contributed by atoms with Gasteiger partial charge < -0.3 is 10.6 Å². The third-order valence-corrected chi connectivity index (χ3v) is 3.59. The molecule has 0 atom stereocenters. The van der Waals surface area contributed by atoms with Crippen LogP contribution in [0.1, 0.15) is 24.8 Å². The average Bonchev–Trinajstić information content (AvgIpc) is 2.23. The fraction of sp³-hybridized carbons (Fsp3) is 0.462. The van der Waals surface area contributed by atoms with Crippen molar-refractivity contribution in [2.75, 3.05) is 18.5 Å². The largest absolute Gasteiger partial charge is 0.389 e. The molecule has 2 nitrogen and oxygen atoms in total. The van der Waals surface area contributed by atoms with Gasteiger partial charge in [0.1, 0.15) is 4.99 Å². The molecule has 2 rings (SSSR count). The summed E-state index contributed by atoms with van der Waals surface area (Å²) in [7, 11) is 2.15. The van der Waals surface area contributed by atoms with E-state index in [0.29, 0.717) is 4.99 Å². The van der Waals surface area contributed by atoms with Gasteiger partial charge in [0, 0.05) is 24.8 Å². The van der Waals surface area contributed by atoms with Crippen molar-refractivity contribution in [2.24, 2.45) is 11.7 Å². The molecule has 0 aromatic heterocycles. The van der Waals surface area contributed by atoms with E-state index in [4.69, 9.17) is 18.0 Å². The molecule has 86 valence electrons. The van der Waals surface area contributed by atoms with E-state index in [-0.39, 0.29) is 0 Å². The first-order valence-electron chi connectivity index (χ1n) is 5.78. The Kier molecular flexibility index (Phi) is 3.44. The van der Waals surface area contributed by atoms with E-state index in [2.05, 4.69) is 24.1 Å². The second-order valence-corrected chi connectivity index (χ2v) is 5.03. The standard InChI is InChI=1S/C13H18N2S/c1-15(9-10-3-2-4-10)12-7-5-11(6-8-12)13(14)16/h5-8,10H,2-4,9H2,1H3,(H2,14,16). The van der Waals surface area contributed by atoms with Gasteiger partial charge in [0.25, 0.3) is 0 Å². The van der Waals surface area contributed by atoms with Gasteiger partial charge in [-0.2, -0.15) is 0 Å². The van der Waals surface area contributed by atoms with Gasteiger partial charge in [0.2, 0.25) is 0 Å². The number of hydrogen-bond donors (Lipinski definition) is 1. The SMILES string of the molecule is CN(CC1CCC1)c1ccc(C(N)=S)cc1. The fourth-order valence-corrected chi connectivity index (χ4v) is 2.18. The normalized spacial score (nSPS) is 15.6. The van der Waals surface area contributed by atoms with Crippen molar-refractivity contribution in [1.29, 1.82) is 0 Å². The maximum absolute atomic E-state index is 5.57. The van der Waals surface area contributed by atoms with E-state index < -0.39 is 0 Å². The van der Waals surface area contributed by atoms with Crippen molar-refractivity contribution < 1.29 is 0 Å². The Bertz CT molecular complexity index is 368. The Labute approximate surface area is 102 Å². The molecule has 2 N–H and O–H groups in total. The van der Waals surface area contributed by atoms with Crippen LogP contribution in [0.3, 0.4) is 0 Å². The van der Waals surface area contributed by atoms with E-state index in [9.17, 15) is 0 Å². The number of benzene rings is 1. The molecule has 0 heterocycles. The van der Waals surface area contributed by atoms with Gasteiger partial charge in [0.05, 0.1) is 0 Å². The summed E-state index contributed by atoms with van der Waals surface area (Å²) in [6, 6.07) is 8.17. The molecule has 0 unspecified atom stereocenters. The van der Waals surface area contributed by atoms with Crippen LogP contribution in [-0.2, 0) is 0 Å². The van der Waals surface area contributed by atoms with E-state index in [1.54, 1.807) is 0 Å². The van der Waals surface area contributed by atoms with Crippen molar-refractivity contribution in [3.05, 3.63) is 29.8 Å². The van der Waals surface area contributed by atoms with Crippen LogP contribution < -0.4 is 10.6 Å². The van der Waals surface area contributed by atoms with E-state index in [1.165, 1.54) is 24.9 Å². The zero-order valence-electron chi connectivity index (χ0n) is 9.65. The highest BCUT2D eigenvalue weighted by molar-refractivity contribution is 7.80. The second-order valence-electron chi connectivity index (χ2n) is 4.59. The van der Waals surface area contributed by atoms with Crippen LogP contribution in [0.4, 0.5) is 5.69 Å². The van der Waals surface area contributed by atoms with Crippen molar-refractivity contribution in [2.45, 2.75) is 19.3 Å². The Morgan fingerprint density at radius 3 is 2.44 bits per heavy atom. The van der Waals surface area contributed by atoms with Gasteiger partial charge in [-0.1, -0.05) is 18.6 Å². The number of nitrogens with zero attached hydrogens (tertiary/aromatic N) is 1. The number of anilines is 1. The van der Waals surface area contributed by atoms with Crippen LogP contribution in [0.15, 0.2) is 24.3 Å². The van der Waals surface area contributed by atoms with Crippen molar-refractivity contribution in [1.82, 2.24) is 0 Å². The smallest absolute Gasteiger partial charge is 0.103 e. The number of thiocarbonyl (C=S) groups is 1. The molecular formula is C13H18N2S. The van der Waals surface area contributed by atoms with Crippen molar-refractivity contribution >= 4 is 22.9 Å². The van der Waals surface area contributed by atoms with Gasteiger partial charge in [-0.05, 0) is 43.0 Å². The maximum Gasteiger partial charge on any atom is 0.103 e. The summed E-state index contributed by atoms with van der Waals surface area (Å²) >= 11 is 4.93. The van der Waals surface area contributed by atoms with Gasteiger partial charge in [0.15, 0.2) is 0 Å². The fourth-order valence-electron chi connectivity index (χ4n) is 2.05. The van der Waals surface area contributed by atoms with Crippen LogP contribution in [0.2, 0.25) is 0 Å². The molecule has 1 aliphatic carbocycles. The zero-order chi connectivity index (χ0) is 11.5. The highest BCUT2D eigenvalue weighted by Crippen LogP contribution is 2.28. The Hall–Kier alpha value is -1.09. The quantitative estimate of drug-likeness (QED) is 0.812. The van der Waals surface area contributed by atoms with E-state index in [1.807, 2.05) is 12.1 Å². The number of rotatable bonds is 4. The van der Waals surface area contributed by atoms with Crippen molar-refractivity contribution in [3.8, 4) is 0 Å². The van der Waals surface area contributed by atoms with Crippen LogP contribution in [0.5, 0.6) is 0 Å². The Morgan fingerprint density at radius 1 is 1.38 bits per heavy atom. The predicted octanol–water partition coefficient (Wildman–Crippen LogP) is 2.56. The molecule has 0 radical (unpaired) electrons. The molecule has 0 aliphatic heterocycles. The van der Waals surface area contributed by atoms with Crippen LogP contribution in [0.25, 0.3) is 0 Å². The molecule has 1 aromatic carbocycles. The maximum atomic E-state index is 5.57. The lowest BCUT2D eigenvalue weighted by molar-refractivity contribution is 0.321. The van der Waals surface area contributed by atoms with Gasteiger partial charge >= 0.3 is 0 Å². The topological polar surface area (TPSA) is 29.3 Å². The molecule has 0 saturated heterocycles. The lowest BCUT2D eigenvalue weighted by Crippen LogP contribution is -2.29. The minimum atomic E-state index is 0.466. The van der Waals surface area contributed by atoms with Gasteiger partial charge in [-0.15, -0.1) is 0 Å². The predicted molar refractivity (Wildman–Crippen MR) is 72.9 cm³/mol. The molecule has 1 aliphatic rings. The molecule has 3 heteroatoms. The third kappa shape index (κ3) is 2.53. The lowest BCUT2D eigenvalue weighted by atomic mass is 9.85. The summed E-state index contributed by atoms with van der Waals surface area (Å²) in [6.07, 6.45) is 4.17. The average molecular weight is 234 g/mol. The minimum absolute atomic E-state index is 0.466. The molecule has 1 saturated carbocycles. The van der Waals surface area contributed by atoms with Crippen molar-refractivity contribution in [3.63, 3.8) is 0 Å². The molecule has 1 fully saturated rings. The first-order chi connectivity index (χ1) is 7.66. The molecule has 16 heavy (non-hydrogen) atoms. The second kappa shape index (κ2) is 4.83. The summed E-state index contributed by atoms with van der Waals surface area (Å²) in [4.78, 5) is 2.78. The van der Waals surface area contributed by atoms with E-state index >= 15 is 0 Å². The van der Waals surface area contributed by atoms with Crippen LogP contribution in [0, 0.1) is 5.92 Å². The van der Waals surface area contributed by atoms with Gasteiger partial charge in [-0.25, -0.2) is 0 Å². The monoisotopic (exact) mass is 234 g/mol. The number of nitrogens with two attached hydrogens (primary N) is 1. The molecule has 0 bridgehead atoms. The molecule has 0 amide bonds. The lowest BCUT2D eigenvalue weighted by Gasteiger charge is -2.31. The molecular weight excluding hydrogens is 216 g/mol. The summed E-state index contributed by atoms with van der Waals surface area (Å²) in [5.41, 5.74) is 7.75. The van der Waals surface area contributed by atoms with Crippen LogP contribution >= 0.6 is 12.2 Å².